The van der Waals surface area contributed by atoms with Crippen LogP contribution in [0.25, 0.3) is 10.9 Å². The van der Waals surface area contributed by atoms with Crippen LogP contribution in [0.5, 0.6) is 5.75 Å². The highest BCUT2D eigenvalue weighted by Crippen LogP contribution is 2.26. The van der Waals surface area contributed by atoms with E-state index in [0.29, 0.717) is 5.69 Å². The Hall–Kier alpha value is -1.61. The van der Waals surface area contributed by atoms with Crippen LogP contribution < -0.4 is 4.74 Å². The molecule has 0 bridgehead atoms. The van der Waals surface area contributed by atoms with Gasteiger partial charge in [-0.05, 0) is 25.5 Å². The molecule has 1 unspecified atom stereocenters. The predicted octanol–water partition coefficient (Wildman–Crippen LogP) is 2.90. The lowest BCUT2D eigenvalue weighted by Gasteiger charge is -2.15. The number of benzene rings is 1. The Morgan fingerprint density at radius 3 is 2.82 bits per heavy atom. The third-order valence-electron chi connectivity index (χ3n) is 2.80. The predicted molar refractivity (Wildman–Crippen MR) is 68.0 cm³/mol. The van der Waals surface area contributed by atoms with E-state index in [4.69, 9.17) is 4.74 Å². The second-order valence-electron chi connectivity index (χ2n) is 4.12. The third kappa shape index (κ3) is 2.56. The number of fused-ring (bicyclic) bond motifs is 1. The van der Waals surface area contributed by atoms with E-state index >= 15 is 0 Å². The van der Waals surface area contributed by atoms with Crippen molar-refractivity contribution in [2.45, 2.75) is 33.0 Å². The number of pyridine rings is 1. The van der Waals surface area contributed by atoms with Crippen molar-refractivity contribution in [3.05, 3.63) is 36.0 Å². The fourth-order valence-electron chi connectivity index (χ4n) is 1.67. The molecule has 1 aromatic heterocycles. The normalized spacial score (nSPS) is 12.6. The van der Waals surface area contributed by atoms with Crippen molar-refractivity contribution in [3.8, 4) is 5.75 Å². The second kappa shape index (κ2) is 5.15. The van der Waals surface area contributed by atoms with Gasteiger partial charge in [0.1, 0.15) is 5.75 Å². The Labute approximate surface area is 101 Å². The van der Waals surface area contributed by atoms with E-state index in [1.807, 2.05) is 37.3 Å². The van der Waals surface area contributed by atoms with Gasteiger partial charge >= 0.3 is 0 Å². The van der Waals surface area contributed by atoms with Crippen molar-refractivity contribution < 1.29 is 9.84 Å². The lowest BCUT2D eigenvalue weighted by molar-refractivity contribution is 0.218. The summed E-state index contributed by atoms with van der Waals surface area (Å²) in [4.78, 5) is 4.36. The maximum absolute atomic E-state index is 9.19. The molecule has 1 aromatic carbocycles. The van der Waals surface area contributed by atoms with Gasteiger partial charge in [-0.2, -0.15) is 0 Å². The van der Waals surface area contributed by atoms with Crippen molar-refractivity contribution in [2.24, 2.45) is 0 Å². The minimum atomic E-state index is -0.0678. The molecule has 0 radical (unpaired) electrons. The van der Waals surface area contributed by atoms with E-state index in [1.54, 1.807) is 0 Å². The fourth-order valence-corrected chi connectivity index (χ4v) is 1.67. The first kappa shape index (κ1) is 11.9. The number of aliphatic hydroxyl groups is 1. The zero-order valence-electron chi connectivity index (χ0n) is 10.2. The molecule has 0 amide bonds. The van der Waals surface area contributed by atoms with E-state index < -0.39 is 0 Å². The zero-order chi connectivity index (χ0) is 12.3. The van der Waals surface area contributed by atoms with Crippen molar-refractivity contribution in [3.63, 3.8) is 0 Å². The largest absolute Gasteiger partial charge is 0.490 e. The Morgan fingerprint density at radius 2 is 2.12 bits per heavy atom. The van der Waals surface area contributed by atoms with Crippen molar-refractivity contribution >= 4 is 10.9 Å². The minimum Gasteiger partial charge on any atom is -0.490 e. The fraction of sp³-hybridized carbons (Fsp3) is 0.357. The number of nitrogens with zero attached hydrogens (tertiary/aromatic N) is 1. The molecule has 2 aromatic rings. The molecule has 1 heterocycles. The third-order valence-corrected chi connectivity index (χ3v) is 2.80. The highest BCUT2D eigenvalue weighted by Gasteiger charge is 2.08. The van der Waals surface area contributed by atoms with Crippen molar-refractivity contribution in [1.82, 2.24) is 4.98 Å². The van der Waals surface area contributed by atoms with Gasteiger partial charge in [0.2, 0.25) is 0 Å². The Kier molecular flexibility index (Phi) is 3.59. The number of hydrogen-bond acceptors (Lipinski definition) is 3. The molecule has 3 nitrogen and oxygen atoms in total. The maximum Gasteiger partial charge on any atom is 0.131 e. The Morgan fingerprint density at radius 1 is 1.35 bits per heavy atom. The zero-order valence-corrected chi connectivity index (χ0v) is 10.2. The number of aromatic nitrogens is 1. The van der Waals surface area contributed by atoms with E-state index in [2.05, 4.69) is 11.9 Å². The average molecular weight is 231 g/mol. The van der Waals surface area contributed by atoms with Gasteiger partial charge in [-0.15, -0.1) is 0 Å². The van der Waals surface area contributed by atoms with Crippen LogP contribution in [0.15, 0.2) is 30.3 Å². The van der Waals surface area contributed by atoms with Gasteiger partial charge in [-0.1, -0.05) is 19.1 Å². The molecule has 0 saturated carbocycles. The summed E-state index contributed by atoms with van der Waals surface area (Å²) in [6.45, 7) is 4.05. The summed E-state index contributed by atoms with van der Waals surface area (Å²) in [5.41, 5.74) is 1.50. The van der Waals surface area contributed by atoms with Gasteiger partial charge in [0.15, 0.2) is 0 Å². The molecule has 1 atom stereocenters. The van der Waals surface area contributed by atoms with Gasteiger partial charge in [-0.25, -0.2) is 0 Å². The van der Waals surface area contributed by atoms with E-state index in [9.17, 15) is 5.11 Å². The van der Waals surface area contributed by atoms with Gasteiger partial charge in [0, 0.05) is 11.5 Å². The van der Waals surface area contributed by atoms with E-state index in [-0.39, 0.29) is 12.7 Å². The lowest BCUT2D eigenvalue weighted by atomic mass is 10.2. The smallest absolute Gasteiger partial charge is 0.131 e. The molecule has 0 fully saturated rings. The highest BCUT2D eigenvalue weighted by molar-refractivity contribution is 5.85. The molecule has 0 saturated heterocycles. The Bertz CT molecular complexity index is 511. The number of aliphatic hydroxyl groups excluding tert-OH is 1. The van der Waals surface area contributed by atoms with Crippen LogP contribution >= 0.6 is 0 Å². The molecule has 90 valence electrons. The van der Waals surface area contributed by atoms with Crippen molar-refractivity contribution in [1.29, 1.82) is 0 Å². The second-order valence-corrected chi connectivity index (χ2v) is 4.12. The quantitative estimate of drug-likeness (QED) is 0.879. The van der Waals surface area contributed by atoms with Crippen LogP contribution in [0, 0.1) is 0 Å². The molecular formula is C14H17NO2. The van der Waals surface area contributed by atoms with Crippen LogP contribution in [-0.4, -0.2) is 16.2 Å². The van der Waals surface area contributed by atoms with Crippen LogP contribution in [0.2, 0.25) is 0 Å². The first-order valence-electron chi connectivity index (χ1n) is 5.90. The monoisotopic (exact) mass is 231 g/mol. The summed E-state index contributed by atoms with van der Waals surface area (Å²) in [6.07, 6.45) is 1.11. The topological polar surface area (TPSA) is 42.4 Å². The number of ether oxygens (including phenoxy) is 1. The number of rotatable bonds is 4. The number of hydrogen-bond donors (Lipinski definition) is 1. The van der Waals surface area contributed by atoms with Gasteiger partial charge < -0.3 is 9.84 Å². The first-order valence-corrected chi connectivity index (χ1v) is 5.90. The summed E-state index contributed by atoms with van der Waals surface area (Å²) >= 11 is 0. The molecule has 1 N–H and O–H groups in total. The maximum atomic E-state index is 9.19. The van der Waals surface area contributed by atoms with Crippen LogP contribution in [0.1, 0.15) is 26.0 Å². The molecule has 3 heteroatoms. The van der Waals surface area contributed by atoms with E-state index in [0.717, 1.165) is 23.1 Å². The summed E-state index contributed by atoms with van der Waals surface area (Å²) in [5.74, 6) is 0.800. The molecule has 0 aliphatic rings. The summed E-state index contributed by atoms with van der Waals surface area (Å²) in [7, 11) is 0. The van der Waals surface area contributed by atoms with Gasteiger partial charge in [-0.3, -0.25) is 4.98 Å². The lowest BCUT2D eigenvalue weighted by Crippen LogP contribution is -2.10. The van der Waals surface area contributed by atoms with E-state index in [1.165, 1.54) is 0 Å². The molecule has 17 heavy (non-hydrogen) atoms. The van der Waals surface area contributed by atoms with Crippen LogP contribution in [0.4, 0.5) is 0 Å². The highest BCUT2D eigenvalue weighted by atomic mass is 16.5. The standard InChI is InChI=1S/C14H17NO2/c1-3-10(2)17-14-8-11(9-16)15-13-7-5-4-6-12(13)14/h4-8,10,16H,3,9H2,1-2H3. The molecule has 0 spiro atoms. The minimum absolute atomic E-state index is 0.0678. The summed E-state index contributed by atoms with van der Waals surface area (Å²) in [5, 5.41) is 10.2. The molecule has 0 aliphatic carbocycles. The molecule has 0 aliphatic heterocycles. The Balaban J connectivity index is 2.50. The molecule has 2 rings (SSSR count). The molecular weight excluding hydrogens is 214 g/mol. The number of para-hydroxylation sites is 1. The summed E-state index contributed by atoms with van der Waals surface area (Å²) in [6, 6.07) is 9.63. The van der Waals surface area contributed by atoms with Crippen LogP contribution in [-0.2, 0) is 6.61 Å². The summed E-state index contributed by atoms with van der Waals surface area (Å²) < 4.78 is 5.87. The van der Waals surface area contributed by atoms with Crippen LogP contribution in [0.3, 0.4) is 0 Å². The van der Waals surface area contributed by atoms with Crippen molar-refractivity contribution in [2.75, 3.05) is 0 Å². The average Bonchev–Trinajstić information content (AvgIpc) is 2.38. The SMILES string of the molecule is CCC(C)Oc1cc(CO)nc2ccccc12. The van der Waals surface area contributed by atoms with Gasteiger partial charge in [0.05, 0.1) is 23.9 Å². The first-order chi connectivity index (χ1) is 8.24. The van der Waals surface area contributed by atoms with Gasteiger partial charge in [0.25, 0.3) is 0 Å².